The Labute approximate surface area is 154 Å². The molecular weight excluding hydrogens is 352 g/mol. The average Bonchev–Trinajstić information content (AvgIpc) is 2.58. The molecule has 2 rings (SSSR count). The molecular formula is C18H24N4O3S. The van der Waals surface area contributed by atoms with Crippen LogP contribution in [0.4, 0.5) is 11.4 Å². The van der Waals surface area contributed by atoms with Crippen LogP contribution < -0.4 is 14.9 Å². The molecule has 0 fully saturated rings. The summed E-state index contributed by atoms with van der Waals surface area (Å²) >= 11 is 0. The van der Waals surface area contributed by atoms with E-state index in [1.807, 2.05) is 32.0 Å². The molecule has 0 aliphatic rings. The van der Waals surface area contributed by atoms with Gasteiger partial charge in [-0.15, -0.1) is 0 Å². The van der Waals surface area contributed by atoms with Gasteiger partial charge in [0.25, 0.3) is 0 Å². The van der Waals surface area contributed by atoms with Crippen LogP contribution in [-0.2, 0) is 14.8 Å². The molecule has 0 radical (unpaired) electrons. The normalized spacial score (nSPS) is 11.0. The number of hydrogen-bond acceptors (Lipinski definition) is 5. The van der Waals surface area contributed by atoms with Crippen LogP contribution in [0, 0.1) is 13.8 Å². The summed E-state index contributed by atoms with van der Waals surface area (Å²) in [6.07, 6.45) is 4.54. The molecule has 0 saturated carbocycles. The second kappa shape index (κ2) is 8.66. The molecule has 1 aromatic heterocycles. The number of anilines is 2. The molecule has 1 aromatic carbocycles. The molecule has 0 spiro atoms. The second-order valence-electron chi connectivity index (χ2n) is 6.07. The first-order valence-electron chi connectivity index (χ1n) is 8.23. The summed E-state index contributed by atoms with van der Waals surface area (Å²) in [5.74, 6) is -0.357. The molecule has 140 valence electrons. The number of aryl methyl sites for hydroxylation is 2. The molecule has 1 heterocycles. The maximum Gasteiger partial charge on any atom is 0.240 e. The van der Waals surface area contributed by atoms with E-state index in [4.69, 9.17) is 0 Å². The number of amides is 1. The SMILES string of the molecule is Cc1ccc(N(CC(=O)NCCNc2ccncc2C)S(C)(=O)=O)cc1. The highest BCUT2D eigenvalue weighted by molar-refractivity contribution is 7.92. The standard InChI is InChI=1S/C18H24N4O3S/c1-14-4-6-16(7-5-14)22(26(3,24)25)13-18(23)21-11-10-20-17-8-9-19-12-15(17)2/h4-9,12H,10-11,13H2,1-3H3,(H,19,20)(H,21,23). The molecule has 8 heteroatoms. The smallest absolute Gasteiger partial charge is 0.240 e. The highest BCUT2D eigenvalue weighted by atomic mass is 32.2. The summed E-state index contributed by atoms with van der Waals surface area (Å²) in [5.41, 5.74) is 3.45. The topological polar surface area (TPSA) is 91.4 Å². The van der Waals surface area contributed by atoms with Crippen molar-refractivity contribution >= 4 is 27.3 Å². The minimum Gasteiger partial charge on any atom is -0.383 e. The summed E-state index contributed by atoms with van der Waals surface area (Å²) in [4.78, 5) is 16.2. The van der Waals surface area contributed by atoms with Crippen molar-refractivity contribution in [1.82, 2.24) is 10.3 Å². The summed E-state index contributed by atoms with van der Waals surface area (Å²) in [5, 5.41) is 5.94. The van der Waals surface area contributed by atoms with E-state index in [0.29, 0.717) is 18.8 Å². The third kappa shape index (κ3) is 5.73. The van der Waals surface area contributed by atoms with Crippen molar-refractivity contribution in [3.8, 4) is 0 Å². The van der Waals surface area contributed by atoms with Crippen LogP contribution in [0.5, 0.6) is 0 Å². The summed E-state index contributed by atoms with van der Waals surface area (Å²) in [6.45, 7) is 4.51. The number of rotatable bonds is 8. The van der Waals surface area contributed by atoms with Crippen LogP contribution in [0.3, 0.4) is 0 Å². The maximum atomic E-state index is 12.2. The first-order valence-corrected chi connectivity index (χ1v) is 10.1. The largest absolute Gasteiger partial charge is 0.383 e. The fourth-order valence-electron chi connectivity index (χ4n) is 2.37. The van der Waals surface area contributed by atoms with Gasteiger partial charge < -0.3 is 10.6 Å². The fraction of sp³-hybridized carbons (Fsp3) is 0.333. The lowest BCUT2D eigenvalue weighted by Gasteiger charge is -2.22. The molecule has 0 aliphatic carbocycles. The molecule has 26 heavy (non-hydrogen) atoms. The third-order valence-electron chi connectivity index (χ3n) is 3.79. The zero-order chi connectivity index (χ0) is 19.2. The third-order valence-corrected chi connectivity index (χ3v) is 4.93. The van der Waals surface area contributed by atoms with Crippen molar-refractivity contribution in [2.75, 3.05) is 35.5 Å². The minimum atomic E-state index is -3.56. The second-order valence-corrected chi connectivity index (χ2v) is 7.98. The van der Waals surface area contributed by atoms with Gasteiger partial charge in [-0.2, -0.15) is 0 Å². The van der Waals surface area contributed by atoms with Crippen LogP contribution >= 0.6 is 0 Å². The average molecular weight is 376 g/mol. The molecule has 2 aromatic rings. The predicted octanol–water partition coefficient (Wildman–Crippen LogP) is 1.69. The van der Waals surface area contributed by atoms with Crippen LogP contribution in [0.25, 0.3) is 0 Å². The number of aromatic nitrogens is 1. The van der Waals surface area contributed by atoms with Gasteiger partial charge in [-0.3, -0.25) is 14.1 Å². The van der Waals surface area contributed by atoms with Gasteiger partial charge in [0, 0.05) is 31.2 Å². The van der Waals surface area contributed by atoms with E-state index in [1.165, 1.54) is 0 Å². The lowest BCUT2D eigenvalue weighted by molar-refractivity contribution is -0.119. The molecule has 0 bridgehead atoms. The van der Waals surface area contributed by atoms with Gasteiger partial charge in [-0.1, -0.05) is 17.7 Å². The Hall–Kier alpha value is -2.61. The van der Waals surface area contributed by atoms with Crippen LogP contribution in [0.2, 0.25) is 0 Å². The monoisotopic (exact) mass is 376 g/mol. The van der Waals surface area contributed by atoms with Crippen LogP contribution in [0.15, 0.2) is 42.7 Å². The molecule has 0 unspecified atom stereocenters. The highest BCUT2D eigenvalue weighted by Gasteiger charge is 2.20. The number of nitrogens with zero attached hydrogens (tertiary/aromatic N) is 2. The first-order chi connectivity index (χ1) is 12.3. The molecule has 0 aliphatic heterocycles. The van der Waals surface area contributed by atoms with E-state index in [0.717, 1.165) is 27.4 Å². The van der Waals surface area contributed by atoms with E-state index in [9.17, 15) is 13.2 Å². The van der Waals surface area contributed by atoms with E-state index >= 15 is 0 Å². The Morgan fingerprint density at radius 2 is 1.81 bits per heavy atom. The fourth-order valence-corrected chi connectivity index (χ4v) is 3.22. The summed E-state index contributed by atoms with van der Waals surface area (Å²) < 4.78 is 25.2. The number of nitrogens with one attached hydrogen (secondary N) is 2. The van der Waals surface area contributed by atoms with Gasteiger partial charge in [-0.05, 0) is 37.6 Å². The van der Waals surface area contributed by atoms with Crippen molar-refractivity contribution in [1.29, 1.82) is 0 Å². The maximum absolute atomic E-state index is 12.2. The Kier molecular flexibility index (Phi) is 6.57. The number of carbonyl (C=O) groups is 1. The Bertz CT molecular complexity index is 851. The number of benzene rings is 1. The van der Waals surface area contributed by atoms with Gasteiger partial charge in [0.1, 0.15) is 6.54 Å². The van der Waals surface area contributed by atoms with E-state index < -0.39 is 10.0 Å². The van der Waals surface area contributed by atoms with Gasteiger partial charge in [0.15, 0.2) is 0 Å². The van der Waals surface area contributed by atoms with Crippen LogP contribution in [0.1, 0.15) is 11.1 Å². The zero-order valence-corrected chi connectivity index (χ0v) is 16.0. The van der Waals surface area contributed by atoms with Crippen molar-refractivity contribution in [3.05, 3.63) is 53.9 Å². The quantitative estimate of drug-likeness (QED) is 0.684. The number of carbonyl (C=O) groups excluding carboxylic acids is 1. The number of sulfonamides is 1. The van der Waals surface area contributed by atoms with Crippen LogP contribution in [-0.4, -0.2) is 45.2 Å². The van der Waals surface area contributed by atoms with E-state index in [1.54, 1.807) is 24.5 Å². The van der Waals surface area contributed by atoms with Gasteiger partial charge >= 0.3 is 0 Å². The molecule has 2 N–H and O–H groups in total. The van der Waals surface area contributed by atoms with E-state index in [2.05, 4.69) is 15.6 Å². The van der Waals surface area contributed by atoms with E-state index in [-0.39, 0.29) is 12.5 Å². The molecule has 0 saturated heterocycles. The van der Waals surface area contributed by atoms with Crippen molar-refractivity contribution in [2.24, 2.45) is 0 Å². The predicted molar refractivity (Wildman–Crippen MR) is 104 cm³/mol. The Morgan fingerprint density at radius 1 is 1.12 bits per heavy atom. The zero-order valence-electron chi connectivity index (χ0n) is 15.2. The summed E-state index contributed by atoms with van der Waals surface area (Å²) in [6, 6.07) is 8.87. The molecule has 7 nitrogen and oxygen atoms in total. The number of hydrogen-bond donors (Lipinski definition) is 2. The van der Waals surface area contributed by atoms with Crippen molar-refractivity contribution in [2.45, 2.75) is 13.8 Å². The minimum absolute atomic E-state index is 0.254. The highest BCUT2D eigenvalue weighted by Crippen LogP contribution is 2.17. The lowest BCUT2D eigenvalue weighted by Crippen LogP contribution is -2.41. The number of pyridine rings is 1. The summed E-state index contributed by atoms with van der Waals surface area (Å²) in [7, 11) is -3.56. The first kappa shape index (κ1) is 19.7. The van der Waals surface area contributed by atoms with Gasteiger partial charge in [0.05, 0.1) is 11.9 Å². The van der Waals surface area contributed by atoms with Crippen molar-refractivity contribution < 1.29 is 13.2 Å². The Balaban J connectivity index is 1.89. The van der Waals surface area contributed by atoms with Crippen molar-refractivity contribution in [3.63, 3.8) is 0 Å². The lowest BCUT2D eigenvalue weighted by atomic mass is 10.2. The van der Waals surface area contributed by atoms with Gasteiger partial charge in [0.2, 0.25) is 15.9 Å². The Morgan fingerprint density at radius 3 is 2.42 bits per heavy atom. The van der Waals surface area contributed by atoms with Gasteiger partial charge in [-0.25, -0.2) is 8.42 Å². The molecule has 0 atom stereocenters. The molecule has 1 amide bonds.